The Morgan fingerprint density at radius 3 is 2.20 bits per heavy atom. The molecule has 0 saturated carbocycles. The number of carbonyl (C=O) groups excluding carboxylic acids is 1. The van der Waals surface area contributed by atoms with E-state index in [1.54, 1.807) is 6.92 Å². The van der Waals surface area contributed by atoms with Gasteiger partial charge >= 0.3 is 18.3 Å². The van der Waals surface area contributed by atoms with E-state index in [0.29, 0.717) is 6.42 Å². The summed E-state index contributed by atoms with van der Waals surface area (Å²) in [6.07, 6.45) is -10.4. The van der Waals surface area contributed by atoms with Crippen molar-refractivity contribution in [3.8, 4) is 0 Å². The lowest BCUT2D eigenvalue weighted by atomic mass is 9.98. The van der Waals surface area contributed by atoms with Gasteiger partial charge in [-0.2, -0.15) is 26.3 Å². The van der Waals surface area contributed by atoms with Crippen LogP contribution in [0.4, 0.5) is 26.3 Å². The molecule has 0 heterocycles. The van der Waals surface area contributed by atoms with E-state index in [2.05, 4.69) is 4.74 Å². The first-order valence-corrected chi connectivity index (χ1v) is 6.02. The third-order valence-electron chi connectivity index (χ3n) is 2.25. The van der Waals surface area contributed by atoms with Gasteiger partial charge in [0.15, 0.2) is 0 Å². The number of ether oxygens (including phenoxy) is 1. The maximum absolute atomic E-state index is 12.2. The minimum absolute atomic E-state index is 0.107. The van der Waals surface area contributed by atoms with Crippen molar-refractivity contribution in [2.75, 3.05) is 6.61 Å². The van der Waals surface area contributed by atoms with E-state index >= 15 is 0 Å². The van der Waals surface area contributed by atoms with Gasteiger partial charge in [-0.1, -0.05) is 13.0 Å². The molecule has 0 spiro atoms. The summed E-state index contributed by atoms with van der Waals surface area (Å²) in [5.41, 5.74) is 0. The van der Waals surface area contributed by atoms with Gasteiger partial charge in [0.25, 0.3) is 0 Å². The first-order valence-electron chi connectivity index (χ1n) is 6.02. The van der Waals surface area contributed by atoms with Gasteiger partial charge in [0, 0.05) is 18.9 Å². The first kappa shape index (κ1) is 18.8. The molecule has 0 radical (unpaired) electrons. The second-order valence-corrected chi connectivity index (χ2v) is 4.26. The third kappa shape index (κ3) is 11.9. The van der Waals surface area contributed by atoms with Gasteiger partial charge in [0.1, 0.15) is 0 Å². The molecule has 0 aromatic heterocycles. The number of allylic oxidation sites excluding steroid dienone is 1. The van der Waals surface area contributed by atoms with Gasteiger partial charge in [-0.05, 0) is 18.8 Å². The minimum Gasteiger partial charge on any atom is -0.463 e. The van der Waals surface area contributed by atoms with Crippen LogP contribution in [-0.2, 0) is 9.53 Å². The molecule has 0 saturated heterocycles. The first-order chi connectivity index (χ1) is 9.03. The van der Waals surface area contributed by atoms with Crippen molar-refractivity contribution in [3.05, 3.63) is 12.2 Å². The van der Waals surface area contributed by atoms with Gasteiger partial charge < -0.3 is 4.74 Å². The summed E-state index contributed by atoms with van der Waals surface area (Å²) >= 11 is 0. The Bertz CT molecular complexity index is 319. The van der Waals surface area contributed by atoms with Crippen molar-refractivity contribution < 1.29 is 35.9 Å². The van der Waals surface area contributed by atoms with E-state index in [-0.39, 0.29) is 6.61 Å². The molecule has 118 valence electrons. The van der Waals surface area contributed by atoms with E-state index < -0.39 is 43.5 Å². The van der Waals surface area contributed by atoms with Crippen LogP contribution in [0.25, 0.3) is 0 Å². The van der Waals surface area contributed by atoms with Crippen LogP contribution < -0.4 is 0 Å². The highest BCUT2D eigenvalue weighted by Gasteiger charge is 2.34. The van der Waals surface area contributed by atoms with Crippen molar-refractivity contribution in [2.45, 2.75) is 45.0 Å². The van der Waals surface area contributed by atoms with Crippen molar-refractivity contribution in [1.29, 1.82) is 0 Å². The fourth-order valence-electron chi connectivity index (χ4n) is 1.38. The zero-order chi connectivity index (χ0) is 15.8. The highest BCUT2D eigenvalue weighted by atomic mass is 19.4. The quantitative estimate of drug-likeness (QED) is 0.396. The molecule has 0 aromatic carbocycles. The van der Waals surface area contributed by atoms with Crippen molar-refractivity contribution in [1.82, 2.24) is 0 Å². The monoisotopic (exact) mass is 306 g/mol. The summed E-state index contributed by atoms with van der Waals surface area (Å²) in [4.78, 5) is 11.1. The largest absolute Gasteiger partial charge is 0.463 e. The van der Waals surface area contributed by atoms with Gasteiger partial charge in [-0.25, -0.2) is 4.79 Å². The van der Waals surface area contributed by atoms with E-state index in [9.17, 15) is 31.1 Å². The van der Waals surface area contributed by atoms with Crippen LogP contribution in [0.15, 0.2) is 12.2 Å². The van der Waals surface area contributed by atoms with Crippen molar-refractivity contribution in [2.24, 2.45) is 5.92 Å². The average Bonchev–Trinajstić information content (AvgIpc) is 2.27. The molecule has 0 aliphatic carbocycles. The summed E-state index contributed by atoms with van der Waals surface area (Å²) < 4.78 is 77.3. The fourth-order valence-corrected chi connectivity index (χ4v) is 1.38. The summed E-state index contributed by atoms with van der Waals surface area (Å²) in [6, 6.07) is 0. The maximum Gasteiger partial charge on any atom is 0.389 e. The van der Waals surface area contributed by atoms with E-state index in [0.717, 1.165) is 12.2 Å². The predicted molar refractivity (Wildman–Crippen MR) is 59.8 cm³/mol. The average molecular weight is 306 g/mol. The number of hydrogen-bond acceptors (Lipinski definition) is 2. The molecule has 20 heavy (non-hydrogen) atoms. The molecular formula is C12H16F6O2. The van der Waals surface area contributed by atoms with E-state index in [4.69, 9.17) is 0 Å². The van der Waals surface area contributed by atoms with Crippen LogP contribution in [0.5, 0.6) is 0 Å². The zero-order valence-electron chi connectivity index (χ0n) is 10.9. The van der Waals surface area contributed by atoms with Crippen molar-refractivity contribution >= 4 is 5.97 Å². The van der Waals surface area contributed by atoms with Gasteiger partial charge in [-0.3, -0.25) is 0 Å². The topological polar surface area (TPSA) is 26.3 Å². The highest BCUT2D eigenvalue weighted by Crippen LogP contribution is 2.31. The Kier molecular flexibility index (Phi) is 7.67. The molecule has 8 heteroatoms. The SMILES string of the molecule is CCCOC(=O)C=CC(CCC(F)(F)F)CC(F)(F)F. The van der Waals surface area contributed by atoms with Crippen molar-refractivity contribution in [3.63, 3.8) is 0 Å². The smallest absolute Gasteiger partial charge is 0.389 e. The second-order valence-electron chi connectivity index (χ2n) is 4.26. The Morgan fingerprint density at radius 2 is 1.75 bits per heavy atom. The van der Waals surface area contributed by atoms with Crippen LogP contribution in [0, 0.1) is 5.92 Å². The predicted octanol–water partition coefficient (Wildman–Crippen LogP) is 4.41. The normalized spacial score (nSPS) is 14.6. The molecule has 1 atom stereocenters. The molecule has 0 fully saturated rings. The molecule has 1 unspecified atom stereocenters. The standard InChI is InChI=1S/C12H16F6O2/c1-2-7-20-10(19)4-3-9(8-12(16,17)18)5-6-11(13,14)15/h3-4,9H,2,5-8H2,1H3. The lowest BCUT2D eigenvalue weighted by Crippen LogP contribution is -2.17. The molecule has 2 nitrogen and oxygen atoms in total. The summed E-state index contributed by atoms with van der Waals surface area (Å²) in [5, 5.41) is 0. The maximum atomic E-state index is 12.2. The van der Waals surface area contributed by atoms with Gasteiger partial charge in [0.05, 0.1) is 6.61 Å². The molecule has 0 aliphatic rings. The lowest BCUT2D eigenvalue weighted by Gasteiger charge is -2.16. The number of alkyl halides is 6. The van der Waals surface area contributed by atoms with E-state index in [1.807, 2.05) is 0 Å². The molecule has 0 amide bonds. The summed E-state index contributed by atoms with van der Waals surface area (Å²) in [6.45, 7) is 1.84. The van der Waals surface area contributed by atoms with Gasteiger partial charge in [-0.15, -0.1) is 0 Å². The Labute approximate surface area is 112 Å². The highest BCUT2D eigenvalue weighted by molar-refractivity contribution is 5.81. The number of hydrogen-bond donors (Lipinski definition) is 0. The lowest BCUT2D eigenvalue weighted by molar-refractivity contribution is -0.153. The van der Waals surface area contributed by atoms with Crippen LogP contribution in [0.1, 0.15) is 32.6 Å². The second kappa shape index (κ2) is 8.16. The van der Waals surface area contributed by atoms with Gasteiger partial charge in [0.2, 0.25) is 0 Å². The molecule has 0 aliphatic heterocycles. The van der Waals surface area contributed by atoms with Crippen LogP contribution in [-0.4, -0.2) is 24.9 Å². The Balaban J connectivity index is 4.52. The Hall–Kier alpha value is -1.21. The van der Waals surface area contributed by atoms with Crippen LogP contribution in [0.3, 0.4) is 0 Å². The number of esters is 1. The van der Waals surface area contributed by atoms with Crippen LogP contribution >= 0.6 is 0 Å². The number of rotatable bonds is 7. The van der Waals surface area contributed by atoms with E-state index in [1.165, 1.54) is 0 Å². The minimum atomic E-state index is -4.59. The van der Waals surface area contributed by atoms with Crippen LogP contribution in [0.2, 0.25) is 0 Å². The summed E-state index contributed by atoms with van der Waals surface area (Å²) in [5.74, 6) is -2.25. The molecule has 0 bridgehead atoms. The zero-order valence-corrected chi connectivity index (χ0v) is 10.9. The molecule has 0 N–H and O–H groups in total. The Morgan fingerprint density at radius 1 is 1.15 bits per heavy atom. The number of halogens is 6. The molecular weight excluding hydrogens is 290 g/mol. The summed E-state index contributed by atoms with van der Waals surface area (Å²) in [7, 11) is 0. The fraction of sp³-hybridized carbons (Fsp3) is 0.750. The third-order valence-corrected chi connectivity index (χ3v) is 2.25. The number of carbonyl (C=O) groups is 1. The molecule has 0 rings (SSSR count). The molecule has 0 aromatic rings.